The van der Waals surface area contributed by atoms with Crippen LogP contribution in [-0.2, 0) is 9.47 Å². The number of nitrogens with zero attached hydrogens (tertiary/aromatic N) is 1. The van der Waals surface area contributed by atoms with Gasteiger partial charge in [0.15, 0.2) is 6.29 Å². The lowest BCUT2D eigenvalue weighted by Gasteiger charge is -2.25. The van der Waals surface area contributed by atoms with E-state index in [1.165, 1.54) is 0 Å². The third kappa shape index (κ3) is 2.36. The molecule has 18 heavy (non-hydrogen) atoms. The molecule has 0 aliphatic carbocycles. The highest BCUT2D eigenvalue weighted by atomic mass is 16.7. The first-order valence-corrected chi connectivity index (χ1v) is 5.88. The summed E-state index contributed by atoms with van der Waals surface area (Å²) < 4.78 is 10.7. The molecule has 0 radical (unpaired) electrons. The van der Waals surface area contributed by atoms with Gasteiger partial charge in [-0.15, -0.1) is 0 Å². The molecule has 2 aromatic rings. The minimum absolute atomic E-state index is 0.0569. The van der Waals surface area contributed by atoms with Gasteiger partial charge in [-0.25, -0.2) is 0 Å². The van der Waals surface area contributed by atoms with Gasteiger partial charge in [-0.05, 0) is 13.1 Å². The average Bonchev–Trinajstić information content (AvgIpc) is 2.44. The maximum absolute atomic E-state index is 5.34. The third-order valence-corrected chi connectivity index (χ3v) is 3.05. The summed E-state index contributed by atoms with van der Waals surface area (Å²) in [7, 11) is 5.16. The SMILES string of the molecule is CNC(c1cccc2cccnc12)C(OC)OC. The van der Waals surface area contributed by atoms with Gasteiger partial charge in [0, 0.05) is 31.4 Å². The highest BCUT2D eigenvalue weighted by Crippen LogP contribution is 2.25. The number of rotatable bonds is 5. The maximum Gasteiger partial charge on any atom is 0.176 e. The van der Waals surface area contributed by atoms with Crippen LogP contribution in [0, 0.1) is 0 Å². The molecule has 0 saturated heterocycles. The number of fused-ring (bicyclic) bond motifs is 1. The zero-order chi connectivity index (χ0) is 13.0. The summed E-state index contributed by atoms with van der Waals surface area (Å²) in [6, 6.07) is 10.0. The van der Waals surface area contributed by atoms with E-state index in [-0.39, 0.29) is 12.3 Å². The molecule has 96 valence electrons. The van der Waals surface area contributed by atoms with Crippen LogP contribution >= 0.6 is 0 Å². The predicted octanol–water partition coefficient (Wildman–Crippen LogP) is 2.11. The Balaban J connectivity index is 2.51. The molecule has 1 N–H and O–H groups in total. The first-order chi connectivity index (χ1) is 8.81. The Morgan fingerprint density at radius 1 is 1.11 bits per heavy atom. The van der Waals surface area contributed by atoms with Crippen LogP contribution < -0.4 is 5.32 Å². The first kappa shape index (κ1) is 13.0. The van der Waals surface area contributed by atoms with Gasteiger partial charge in [0.1, 0.15) is 0 Å². The molecule has 0 bridgehead atoms. The van der Waals surface area contributed by atoms with Crippen LogP contribution in [0.15, 0.2) is 36.5 Å². The molecule has 0 spiro atoms. The van der Waals surface area contributed by atoms with Crippen LogP contribution in [0.25, 0.3) is 10.9 Å². The molecule has 0 saturated carbocycles. The molecule has 2 rings (SSSR count). The Morgan fingerprint density at radius 3 is 2.50 bits per heavy atom. The number of methoxy groups -OCH3 is 2. The van der Waals surface area contributed by atoms with Crippen LogP contribution in [0.1, 0.15) is 11.6 Å². The van der Waals surface area contributed by atoms with Crippen molar-refractivity contribution in [2.75, 3.05) is 21.3 Å². The van der Waals surface area contributed by atoms with E-state index in [0.717, 1.165) is 16.5 Å². The molecule has 1 aromatic heterocycles. The number of ether oxygens (including phenoxy) is 2. The Hall–Kier alpha value is -1.49. The van der Waals surface area contributed by atoms with Crippen molar-refractivity contribution in [1.82, 2.24) is 10.3 Å². The largest absolute Gasteiger partial charge is 0.354 e. The number of benzene rings is 1. The van der Waals surface area contributed by atoms with E-state index in [1.54, 1.807) is 20.4 Å². The van der Waals surface area contributed by atoms with Gasteiger partial charge < -0.3 is 14.8 Å². The molecule has 0 amide bonds. The quantitative estimate of drug-likeness (QED) is 0.821. The highest BCUT2D eigenvalue weighted by Gasteiger charge is 2.23. The van der Waals surface area contributed by atoms with E-state index in [2.05, 4.69) is 10.3 Å². The van der Waals surface area contributed by atoms with Gasteiger partial charge in [-0.2, -0.15) is 0 Å². The van der Waals surface area contributed by atoms with Crippen molar-refractivity contribution in [2.24, 2.45) is 0 Å². The summed E-state index contributed by atoms with van der Waals surface area (Å²) in [6.45, 7) is 0. The summed E-state index contributed by atoms with van der Waals surface area (Å²) >= 11 is 0. The molecular formula is C14H18N2O2. The number of likely N-dealkylation sites (N-methyl/N-ethyl adjacent to an activating group) is 1. The van der Waals surface area contributed by atoms with Gasteiger partial charge in [0.05, 0.1) is 11.6 Å². The highest BCUT2D eigenvalue weighted by molar-refractivity contribution is 5.82. The van der Waals surface area contributed by atoms with E-state index >= 15 is 0 Å². The van der Waals surface area contributed by atoms with Crippen molar-refractivity contribution >= 4 is 10.9 Å². The van der Waals surface area contributed by atoms with Crippen molar-refractivity contribution < 1.29 is 9.47 Å². The molecule has 0 aliphatic rings. The Morgan fingerprint density at radius 2 is 1.83 bits per heavy atom. The molecule has 0 aliphatic heterocycles. The molecular weight excluding hydrogens is 228 g/mol. The Kier molecular flexibility index (Phi) is 4.25. The summed E-state index contributed by atoms with van der Waals surface area (Å²) in [5.74, 6) is 0. The Labute approximate surface area is 107 Å². The zero-order valence-corrected chi connectivity index (χ0v) is 10.9. The summed E-state index contributed by atoms with van der Waals surface area (Å²) in [5, 5.41) is 4.33. The van der Waals surface area contributed by atoms with Crippen molar-refractivity contribution in [3.05, 3.63) is 42.1 Å². The molecule has 1 aromatic carbocycles. The van der Waals surface area contributed by atoms with Crippen molar-refractivity contribution in [3.63, 3.8) is 0 Å². The maximum atomic E-state index is 5.34. The lowest BCUT2D eigenvalue weighted by molar-refractivity contribution is -0.122. The predicted molar refractivity (Wildman–Crippen MR) is 71.3 cm³/mol. The number of hydrogen-bond donors (Lipinski definition) is 1. The van der Waals surface area contributed by atoms with E-state index in [0.29, 0.717) is 0 Å². The average molecular weight is 246 g/mol. The van der Waals surface area contributed by atoms with Crippen molar-refractivity contribution in [2.45, 2.75) is 12.3 Å². The standard InChI is InChI=1S/C14H18N2O2/c1-15-13(14(17-2)18-3)11-8-4-6-10-7-5-9-16-12(10)11/h4-9,13-15H,1-3H3. The van der Waals surface area contributed by atoms with Gasteiger partial charge >= 0.3 is 0 Å². The second-order valence-corrected chi connectivity index (χ2v) is 4.03. The van der Waals surface area contributed by atoms with Crippen LogP contribution in [0.3, 0.4) is 0 Å². The topological polar surface area (TPSA) is 43.4 Å². The number of hydrogen-bond acceptors (Lipinski definition) is 4. The van der Waals surface area contributed by atoms with Gasteiger partial charge in [0.25, 0.3) is 0 Å². The number of pyridine rings is 1. The summed E-state index contributed by atoms with van der Waals surface area (Å²) in [5.41, 5.74) is 2.04. The zero-order valence-electron chi connectivity index (χ0n) is 10.9. The third-order valence-electron chi connectivity index (χ3n) is 3.05. The summed E-state index contributed by atoms with van der Waals surface area (Å²) in [4.78, 5) is 4.45. The molecule has 4 nitrogen and oxygen atoms in total. The van der Waals surface area contributed by atoms with E-state index in [4.69, 9.17) is 9.47 Å². The van der Waals surface area contributed by atoms with Crippen molar-refractivity contribution in [3.8, 4) is 0 Å². The minimum Gasteiger partial charge on any atom is -0.354 e. The van der Waals surface area contributed by atoms with Crippen LogP contribution in [0.5, 0.6) is 0 Å². The summed E-state index contributed by atoms with van der Waals surface area (Å²) in [6.07, 6.45) is 1.45. The molecule has 1 atom stereocenters. The number of para-hydroxylation sites is 1. The fraction of sp³-hybridized carbons (Fsp3) is 0.357. The molecule has 1 heterocycles. The van der Waals surface area contributed by atoms with Gasteiger partial charge in [-0.1, -0.05) is 24.3 Å². The molecule has 4 heteroatoms. The second kappa shape index (κ2) is 5.91. The number of nitrogens with one attached hydrogen (secondary N) is 1. The number of aromatic nitrogens is 1. The van der Waals surface area contributed by atoms with E-state index in [1.807, 2.05) is 37.4 Å². The van der Waals surface area contributed by atoms with Crippen LogP contribution in [-0.4, -0.2) is 32.5 Å². The van der Waals surface area contributed by atoms with E-state index < -0.39 is 0 Å². The Bertz CT molecular complexity index is 507. The van der Waals surface area contributed by atoms with Crippen molar-refractivity contribution in [1.29, 1.82) is 0 Å². The van der Waals surface area contributed by atoms with Gasteiger partial charge in [-0.3, -0.25) is 4.98 Å². The molecule has 0 fully saturated rings. The lowest BCUT2D eigenvalue weighted by atomic mass is 10.0. The van der Waals surface area contributed by atoms with Crippen LogP contribution in [0.2, 0.25) is 0 Å². The van der Waals surface area contributed by atoms with Crippen LogP contribution in [0.4, 0.5) is 0 Å². The molecule has 1 unspecified atom stereocenters. The smallest absolute Gasteiger partial charge is 0.176 e. The van der Waals surface area contributed by atoms with Gasteiger partial charge in [0.2, 0.25) is 0 Å². The van der Waals surface area contributed by atoms with E-state index in [9.17, 15) is 0 Å². The fourth-order valence-corrected chi connectivity index (χ4v) is 2.19. The fourth-order valence-electron chi connectivity index (χ4n) is 2.19. The monoisotopic (exact) mass is 246 g/mol. The minimum atomic E-state index is -0.345. The first-order valence-electron chi connectivity index (χ1n) is 5.88. The lowest BCUT2D eigenvalue weighted by Crippen LogP contribution is -2.32. The second-order valence-electron chi connectivity index (χ2n) is 4.03. The normalized spacial score (nSPS) is 13.1.